The molecule has 0 heterocycles. The van der Waals surface area contributed by atoms with Gasteiger partial charge in [0.15, 0.2) is 0 Å². The van der Waals surface area contributed by atoms with Crippen molar-refractivity contribution in [2.24, 2.45) is 5.92 Å². The average Bonchev–Trinajstić information content (AvgIpc) is 3.10. The Hall–Kier alpha value is -0.670. The molecule has 100 valence electrons. The zero-order chi connectivity index (χ0) is 13.6. The Kier molecular flexibility index (Phi) is 3.41. The smallest absolute Gasteiger partial charge is 0.276 e. The third-order valence-electron chi connectivity index (χ3n) is 3.87. The lowest BCUT2D eigenvalue weighted by molar-refractivity contribution is -0.152. The molecule has 1 nitrogen and oxygen atoms in total. The van der Waals surface area contributed by atoms with Gasteiger partial charge in [-0.1, -0.05) is 37.6 Å². The minimum absolute atomic E-state index is 0.569. The van der Waals surface area contributed by atoms with Crippen molar-refractivity contribution in [2.75, 3.05) is 0 Å². The number of hydrogen-bond donors (Lipinski definition) is 1. The summed E-state index contributed by atoms with van der Waals surface area (Å²) in [5, 5.41) is 10.6. The molecule has 1 N–H and O–H groups in total. The van der Waals surface area contributed by atoms with Crippen LogP contribution in [0.3, 0.4) is 0 Å². The van der Waals surface area contributed by atoms with Gasteiger partial charge in [0, 0.05) is 16.4 Å². The SMILES string of the molecule is CC(C)C(F)(F)C(O)C1(c2ccc(Cl)cc2)CC1. The second-order valence-corrected chi connectivity index (χ2v) is 5.83. The van der Waals surface area contributed by atoms with Crippen LogP contribution in [0.15, 0.2) is 24.3 Å². The molecule has 0 bridgehead atoms. The van der Waals surface area contributed by atoms with Crippen molar-refractivity contribution >= 4 is 11.6 Å². The first-order valence-electron chi connectivity index (χ1n) is 6.12. The van der Waals surface area contributed by atoms with Gasteiger partial charge in [-0.05, 0) is 30.5 Å². The van der Waals surface area contributed by atoms with Crippen molar-refractivity contribution in [2.45, 2.75) is 44.1 Å². The second kappa shape index (κ2) is 4.46. The number of benzene rings is 1. The fraction of sp³-hybridized carbons (Fsp3) is 0.571. The molecule has 2 rings (SSSR count). The monoisotopic (exact) mass is 274 g/mol. The maximum Gasteiger partial charge on any atom is 0.276 e. The van der Waals surface area contributed by atoms with Crippen molar-refractivity contribution in [3.05, 3.63) is 34.9 Å². The second-order valence-electron chi connectivity index (χ2n) is 5.39. The van der Waals surface area contributed by atoms with E-state index in [4.69, 9.17) is 11.6 Å². The molecule has 1 aromatic rings. The Bertz CT molecular complexity index is 424. The molecule has 1 aliphatic carbocycles. The first kappa shape index (κ1) is 13.8. The van der Waals surface area contributed by atoms with Crippen LogP contribution in [0, 0.1) is 5.92 Å². The maximum atomic E-state index is 14.0. The summed E-state index contributed by atoms with van der Waals surface area (Å²) < 4.78 is 27.9. The van der Waals surface area contributed by atoms with Crippen molar-refractivity contribution in [3.8, 4) is 0 Å². The fourth-order valence-electron chi connectivity index (χ4n) is 2.32. The predicted octanol–water partition coefficient (Wildman–Crippen LogP) is 4.02. The zero-order valence-electron chi connectivity index (χ0n) is 10.5. The molecule has 0 radical (unpaired) electrons. The summed E-state index contributed by atoms with van der Waals surface area (Å²) in [5.41, 5.74) is -0.0435. The quantitative estimate of drug-likeness (QED) is 0.879. The lowest BCUT2D eigenvalue weighted by atomic mass is 9.83. The molecule has 0 saturated heterocycles. The molecule has 1 unspecified atom stereocenters. The normalized spacial score (nSPS) is 19.9. The standard InChI is InChI=1S/C14H17ClF2O/c1-9(2)14(16,17)12(18)13(7-8-13)10-3-5-11(15)6-4-10/h3-6,9,12,18H,7-8H2,1-2H3. The van der Waals surface area contributed by atoms with E-state index in [2.05, 4.69) is 0 Å². The molecule has 1 saturated carbocycles. The lowest BCUT2D eigenvalue weighted by Crippen LogP contribution is -2.46. The van der Waals surface area contributed by atoms with Crippen LogP contribution in [0.25, 0.3) is 0 Å². The van der Waals surface area contributed by atoms with Gasteiger partial charge in [0.1, 0.15) is 6.10 Å². The van der Waals surface area contributed by atoms with Gasteiger partial charge in [0.2, 0.25) is 0 Å². The highest BCUT2D eigenvalue weighted by molar-refractivity contribution is 6.30. The number of hydrogen-bond acceptors (Lipinski definition) is 1. The molecule has 18 heavy (non-hydrogen) atoms. The van der Waals surface area contributed by atoms with Crippen molar-refractivity contribution in [3.63, 3.8) is 0 Å². The van der Waals surface area contributed by atoms with E-state index in [0.717, 1.165) is 5.56 Å². The Labute approximate surface area is 111 Å². The fourth-order valence-corrected chi connectivity index (χ4v) is 2.45. The summed E-state index contributed by atoms with van der Waals surface area (Å²) in [6, 6.07) is 6.82. The molecule has 0 aliphatic heterocycles. The third kappa shape index (κ3) is 2.14. The highest BCUT2D eigenvalue weighted by atomic mass is 35.5. The van der Waals surface area contributed by atoms with E-state index in [0.29, 0.717) is 17.9 Å². The molecule has 4 heteroatoms. The van der Waals surface area contributed by atoms with Gasteiger partial charge in [-0.25, -0.2) is 8.78 Å². The van der Waals surface area contributed by atoms with Crippen LogP contribution in [0.5, 0.6) is 0 Å². The van der Waals surface area contributed by atoms with Crippen molar-refractivity contribution < 1.29 is 13.9 Å². The molecule has 1 aliphatic rings. The van der Waals surface area contributed by atoms with Crippen LogP contribution in [-0.4, -0.2) is 17.1 Å². The Morgan fingerprint density at radius 2 is 1.72 bits per heavy atom. The molecule has 0 spiro atoms. The highest BCUT2D eigenvalue weighted by Gasteiger charge is 2.60. The van der Waals surface area contributed by atoms with Gasteiger partial charge in [-0.2, -0.15) is 0 Å². The number of halogens is 3. The molecule has 1 aromatic carbocycles. The topological polar surface area (TPSA) is 20.2 Å². The Morgan fingerprint density at radius 3 is 2.11 bits per heavy atom. The van der Waals surface area contributed by atoms with Crippen LogP contribution < -0.4 is 0 Å². The Balaban J connectivity index is 2.30. The van der Waals surface area contributed by atoms with Crippen LogP contribution in [-0.2, 0) is 5.41 Å². The van der Waals surface area contributed by atoms with E-state index in [-0.39, 0.29) is 0 Å². The van der Waals surface area contributed by atoms with Crippen LogP contribution >= 0.6 is 11.6 Å². The first-order chi connectivity index (χ1) is 8.30. The van der Waals surface area contributed by atoms with Gasteiger partial charge in [0.05, 0.1) is 0 Å². The van der Waals surface area contributed by atoms with Crippen LogP contribution in [0.2, 0.25) is 5.02 Å². The summed E-state index contributed by atoms with van der Waals surface area (Å²) in [6.07, 6.45) is -0.442. The molecule has 1 atom stereocenters. The maximum absolute atomic E-state index is 14.0. The van der Waals surface area contributed by atoms with E-state index in [1.165, 1.54) is 13.8 Å². The van der Waals surface area contributed by atoms with Gasteiger partial charge in [0.25, 0.3) is 5.92 Å². The van der Waals surface area contributed by atoms with Crippen LogP contribution in [0.1, 0.15) is 32.3 Å². The van der Waals surface area contributed by atoms with Crippen LogP contribution in [0.4, 0.5) is 8.78 Å². The molecule has 0 amide bonds. The minimum atomic E-state index is -3.07. The molecular formula is C14H17ClF2O. The minimum Gasteiger partial charge on any atom is -0.386 e. The van der Waals surface area contributed by atoms with Gasteiger partial charge >= 0.3 is 0 Å². The highest BCUT2D eigenvalue weighted by Crippen LogP contribution is 2.55. The number of alkyl halides is 2. The summed E-state index contributed by atoms with van der Waals surface area (Å²) >= 11 is 5.79. The summed E-state index contributed by atoms with van der Waals surface area (Å²) in [5.74, 6) is -3.95. The van der Waals surface area contributed by atoms with Gasteiger partial charge in [-0.3, -0.25) is 0 Å². The average molecular weight is 275 g/mol. The third-order valence-corrected chi connectivity index (χ3v) is 4.12. The number of aliphatic hydroxyl groups is 1. The van der Waals surface area contributed by atoms with E-state index in [1.54, 1.807) is 24.3 Å². The van der Waals surface area contributed by atoms with Gasteiger partial charge in [-0.15, -0.1) is 0 Å². The van der Waals surface area contributed by atoms with E-state index >= 15 is 0 Å². The number of aliphatic hydroxyl groups excluding tert-OH is 1. The lowest BCUT2D eigenvalue weighted by Gasteiger charge is -2.32. The summed E-state index contributed by atoms with van der Waals surface area (Å²) in [4.78, 5) is 0. The largest absolute Gasteiger partial charge is 0.386 e. The van der Waals surface area contributed by atoms with Gasteiger partial charge < -0.3 is 5.11 Å². The zero-order valence-corrected chi connectivity index (χ0v) is 11.2. The number of rotatable bonds is 4. The van der Waals surface area contributed by atoms with Crippen molar-refractivity contribution in [1.29, 1.82) is 0 Å². The predicted molar refractivity (Wildman–Crippen MR) is 68.2 cm³/mol. The first-order valence-corrected chi connectivity index (χ1v) is 6.50. The van der Waals surface area contributed by atoms with E-state index in [1.807, 2.05) is 0 Å². The summed E-state index contributed by atoms with van der Waals surface area (Å²) in [6.45, 7) is 2.86. The van der Waals surface area contributed by atoms with E-state index < -0.39 is 23.4 Å². The molecular weight excluding hydrogens is 258 g/mol. The van der Waals surface area contributed by atoms with E-state index in [9.17, 15) is 13.9 Å². The van der Waals surface area contributed by atoms with Crippen molar-refractivity contribution in [1.82, 2.24) is 0 Å². The molecule has 1 fully saturated rings. The Morgan fingerprint density at radius 1 is 1.22 bits per heavy atom. The molecule has 0 aromatic heterocycles. The summed E-state index contributed by atoms with van der Waals surface area (Å²) in [7, 11) is 0.